The third-order valence-corrected chi connectivity index (χ3v) is 4.74. The molecular formula is C17H22N2O2S. The Balaban J connectivity index is 1.98. The monoisotopic (exact) mass is 318 g/mol. The summed E-state index contributed by atoms with van der Waals surface area (Å²) < 4.78 is 10.7. The number of nitrogens with zero attached hydrogens (tertiary/aromatic N) is 1. The molecule has 4 nitrogen and oxygen atoms in total. The van der Waals surface area contributed by atoms with E-state index in [1.165, 1.54) is 25.7 Å². The highest BCUT2D eigenvalue weighted by molar-refractivity contribution is 7.82. The summed E-state index contributed by atoms with van der Waals surface area (Å²) in [4.78, 5) is 5.73. The predicted octanol–water partition coefficient (Wildman–Crippen LogP) is 3.47. The molecule has 5 heteroatoms. The van der Waals surface area contributed by atoms with Crippen LogP contribution >= 0.6 is 12.2 Å². The zero-order valence-corrected chi connectivity index (χ0v) is 14.0. The molecule has 0 bridgehead atoms. The van der Waals surface area contributed by atoms with Crippen molar-refractivity contribution in [2.45, 2.75) is 44.2 Å². The van der Waals surface area contributed by atoms with Crippen LogP contribution in [0.4, 0.5) is 0 Å². The zero-order chi connectivity index (χ0) is 15.6. The molecule has 0 saturated heterocycles. The van der Waals surface area contributed by atoms with Crippen LogP contribution in [0.2, 0.25) is 0 Å². The van der Waals surface area contributed by atoms with Gasteiger partial charge in [0.2, 0.25) is 0 Å². The standard InChI is InChI=1S/C17H22N2O2S/c1-20-13-9-12(10-14(11-13)21-2)15-16(22)19-17(18-15)7-5-3-4-6-8-17/h9-11H,3-8H2,1-2H3,(H,19,22). The number of ether oxygens (including phenoxy) is 2. The van der Waals surface area contributed by atoms with Crippen LogP contribution in [0.25, 0.3) is 0 Å². The van der Waals surface area contributed by atoms with Gasteiger partial charge in [-0.15, -0.1) is 0 Å². The number of nitrogens with one attached hydrogen (secondary N) is 1. The molecule has 1 aromatic carbocycles. The van der Waals surface area contributed by atoms with E-state index in [1.54, 1.807) is 14.2 Å². The van der Waals surface area contributed by atoms with E-state index in [0.29, 0.717) is 0 Å². The fraction of sp³-hybridized carbons (Fsp3) is 0.529. The smallest absolute Gasteiger partial charge is 0.131 e. The van der Waals surface area contributed by atoms with Gasteiger partial charge in [0, 0.05) is 11.6 Å². The largest absolute Gasteiger partial charge is 0.497 e. The number of benzene rings is 1. The first-order valence-electron chi connectivity index (χ1n) is 7.82. The Morgan fingerprint density at radius 2 is 1.59 bits per heavy atom. The summed E-state index contributed by atoms with van der Waals surface area (Å²) in [6.45, 7) is 0. The first-order chi connectivity index (χ1) is 10.7. The van der Waals surface area contributed by atoms with Crippen molar-refractivity contribution in [3.05, 3.63) is 23.8 Å². The van der Waals surface area contributed by atoms with E-state index in [-0.39, 0.29) is 5.66 Å². The summed E-state index contributed by atoms with van der Waals surface area (Å²) in [5.41, 5.74) is 1.61. The molecule has 118 valence electrons. The Morgan fingerprint density at radius 3 is 2.14 bits per heavy atom. The van der Waals surface area contributed by atoms with Crippen LogP contribution in [0.5, 0.6) is 11.5 Å². The highest BCUT2D eigenvalue weighted by Crippen LogP contribution is 2.33. The second-order valence-electron chi connectivity index (χ2n) is 5.96. The highest BCUT2D eigenvalue weighted by atomic mass is 32.1. The molecule has 0 aromatic heterocycles. The summed E-state index contributed by atoms with van der Waals surface area (Å²) in [5.74, 6) is 1.50. The van der Waals surface area contributed by atoms with Crippen molar-refractivity contribution in [3.63, 3.8) is 0 Å². The zero-order valence-electron chi connectivity index (χ0n) is 13.1. The molecule has 1 heterocycles. The van der Waals surface area contributed by atoms with Crippen molar-refractivity contribution in [1.29, 1.82) is 0 Å². The molecule has 3 rings (SSSR count). The Hall–Kier alpha value is -1.62. The third kappa shape index (κ3) is 2.95. The van der Waals surface area contributed by atoms with E-state index in [1.807, 2.05) is 18.2 Å². The fourth-order valence-electron chi connectivity index (χ4n) is 3.25. The Morgan fingerprint density at radius 1 is 1.00 bits per heavy atom. The molecule has 1 fully saturated rings. The molecule has 1 aliphatic carbocycles. The highest BCUT2D eigenvalue weighted by Gasteiger charge is 2.37. The Bertz CT molecular complexity index is 582. The van der Waals surface area contributed by atoms with Crippen molar-refractivity contribution in [1.82, 2.24) is 5.32 Å². The van der Waals surface area contributed by atoms with E-state index >= 15 is 0 Å². The van der Waals surface area contributed by atoms with Crippen LogP contribution in [0.15, 0.2) is 23.2 Å². The van der Waals surface area contributed by atoms with E-state index in [0.717, 1.165) is 40.6 Å². The van der Waals surface area contributed by atoms with Crippen molar-refractivity contribution >= 4 is 22.9 Å². The van der Waals surface area contributed by atoms with Gasteiger partial charge >= 0.3 is 0 Å². The van der Waals surface area contributed by atoms with Crippen molar-refractivity contribution in [3.8, 4) is 11.5 Å². The normalized spacial score (nSPS) is 20.3. The second kappa shape index (κ2) is 6.24. The van der Waals surface area contributed by atoms with Gasteiger partial charge in [-0.3, -0.25) is 4.99 Å². The molecular weight excluding hydrogens is 296 g/mol. The molecule has 1 spiro atoms. The van der Waals surface area contributed by atoms with Crippen molar-refractivity contribution in [2.75, 3.05) is 14.2 Å². The van der Waals surface area contributed by atoms with Crippen molar-refractivity contribution < 1.29 is 9.47 Å². The van der Waals surface area contributed by atoms with Crippen LogP contribution < -0.4 is 14.8 Å². The van der Waals surface area contributed by atoms with Gasteiger partial charge < -0.3 is 14.8 Å². The quantitative estimate of drug-likeness (QED) is 0.867. The molecule has 0 radical (unpaired) electrons. The maximum atomic E-state index is 5.56. The summed E-state index contributed by atoms with van der Waals surface area (Å²) in [6, 6.07) is 5.78. The van der Waals surface area contributed by atoms with E-state index in [9.17, 15) is 0 Å². The predicted molar refractivity (Wildman–Crippen MR) is 92.2 cm³/mol. The van der Waals surface area contributed by atoms with Crippen LogP contribution in [0, 0.1) is 0 Å². The number of hydrogen-bond acceptors (Lipinski definition) is 4. The van der Waals surface area contributed by atoms with Gasteiger partial charge in [0.05, 0.1) is 14.2 Å². The number of thiocarbonyl (C=S) groups is 1. The van der Waals surface area contributed by atoms with Crippen LogP contribution in [0.3, 0.4) is 0 Å². The van der Waals surface area contributed by atoms with Gasteiger partial charge in [-0.25, -0.2) is 0 Å². The molecule has 1 N–H and O–H groups in total. The average Bonchev–Trinajstić information content (AvgIpc) is 2.71. The van der Waals surface area contributed by atoms with E-state index in [2.05, 4.69) is 5.32 Å². The van der Waals surface area contributed by atoms with E-state index in [4.69, 9.17) is 26.7 Å². The maximum Gasteiger partial charge on any atom is 0.131 e. The SMILES string of the molecule is COc1cc(OC)cc(C2=NC3(CCCCCC3)NC2=S)c1. The van der Waals surface area contributed by atoms with Crippen molar-refractivity contribution in [2.24, 2.45) is 4.99 Å². The van der Waals surface area contributed by atoms with Crippen LogP contribution in [0.1, 0.15) is 44.1 Å². The minimum Gasteiger partial charge on any atom is -0.497 e. The topological polar surface area (TPSA) is 42.9 Å². The molecule has 0 amide bonds. The number of aliphatic imine (C=N–C) groups is 1. The number of hydrogen-bond donors (Lipinski definition) is 1. The number of methoxy groups -OCH3 is 2. The van der Waals surface area contributed by atoms with E-state index < -0.39 is 0 Å². The molecule has 1 aromatic rings. The molecule has 0 atom stereocenters. The minimum absolute atomic E-state index is 0.195. The molecule has 1 aliphatic heterocycles. The van der Waals surface area contributed by atoms with Gasteiger partial charge in [-0.05, 0) is 37.8 Å². The molecule has 2 aliphatic rings. The number of rotatable bonds is 3. The lowest BCUT2D eigenvalue weighted by molar-refractivity contribution is 0.360. The molecule has 1 saturated carbocycles. The van der Waals surface area contributed by atoms with Gasteiger partial charge in [0.25, 0.3) is 0 Å². The fourth-order valence-corrected chi connectivity index (χ4v) is 3.61. The lowest BCUT2D eigenvalue weighted by Gasteiger charge is -2.24. The Labute approximate surface area is 136 Å². The maximum absolute atomic E-state index is 5.56. The van der Waals surface area contributed by atoms with Gasteiger partial charge in [-0.1, -0.05) is 25.1 Å². The lowest BCUT2D eigenvalue weighted by atomic mass is 10.0. The summed E-state index contributed by atoms with van der Waals surface area (Å²) >= 11 is 5.56. The van der Waals surface area contributed by atoms with Crippen LogP contribution in [-0.2, 0) is 0 Å². The second-order valence-corrected chi connectivity index (χ2v) is 6.37. The summed E-state index contributed by atoms with van der Waals surface area (Å²) in [6.07, 6.45) is 7.08. The third-order valence-electron chi connectivity index (χ3n) is 4.44. The summed E-state index contributed by atoms with van der Waals surface area (Å²) in [7, 11) is 3.30. The van der Waals surface area contributed by atoms with Crippen LogP contribution in [-0.4, -0.2) is 30.6 Å². The first kappa shape index (κ1) is 15.3. The van der Waals surface area contributed by atoms with Gasteiger partial charge in [-0.2, -0.15) is 0 Å². The Kier molecular flexibility index (Phi) is 4.34. The molecule has 0 unspecified atom stereocenters. The summed E-state index contributed by atoms with van der Waals surface area (Å²) in [5, 5.41) is 3.48. The van der Waals surface area contributed by atoms with Gasteiger partial charge in [0.1, 0.15) is 27.9 Å². The lowest BCUT2D eigenvalue weighted by Crippen LogP contribution is -2.41. The van der Waals surface area contributed by atoms with Gasteiger partial charge in [0.15, 0.2) is 0 Å². The minimum atomic E-state index is -0.195. The first-order valence-corrected chi connectivity index (χ1v) is 8.22. The average molecular weight is 318 g/mol. The molecule has 22 heavy (non-hydrogen) atoms.